The van der Waals surface area contributed by atoms with E-state index >= 15 is 0 Å². The zero-order valence-electron chi connectivity index (χ0n) is 10.3. The van der Waals surface area contributed by atoms with Gasteiger partial charge in [0.25, 0.3) is 0 Å². The van der Waals surface area contributed by atoms with Crippen LogP contribution >= 0.6 is 0 Å². The van der Waals surface area contributed by atoms with Crippen molar-refractivity contribution in [1.82, 2.24) is 9.47 Å². The van der Waals surface area contributed by atoms with E-state index in [1.165, 1.54) is 4.57 Å². The Hall–Kier alpha value is -1.59. The first-order chi connectivity index (χ1) is 8.04. The zero-order valence-corrected chi connectivity index (χ0v) is 10.3. The van der Waals surface area contributed by atoms with Crippen LogP contribution in [0.3, 0.4) is 0 Å². The first-order valence-electron chi connectivity index (χ1n) is 5.50. The molecule has 5 heteroatoms. The van der Waals surface area contributed by atoms with E-state index in [0.717, 1.165) is 11.1 Å². The number of aromatic nitrogens is 1. The standard InChI is InChI=1S/C12H17N3O2/c1-14(2)10(7-13)8-4-5-11-9(6-8)15(3)12(16)17-11/h4-6,10H,7,13H2,1-3H3. The third-order valence-corrected chi connectivity index (χ3v) is 3.05. The molecule has 0 aliphatic heterocycles. The summed E-state index contributed by atoms with van der Waals surface area (Å²) >= 11 is 0. The van der Waals surface area contributed by atoms with E-state index in [9.17, 15) is 4.79 Å². The first kappa shape index (κ1) is 11.9. The molecular weight excluding hydrogens is 218 g/mol. The van der Waals surface area contributed by atoms with Crippen LogP contribution in [-0.4, -0.2) is 30.1 Å². The van der Waals surface area contributed by atoms with Gasteiger partial charge in [0, 0.05) is 19.6 Å². The molecule has 0 fully saturated rings. The van der Waals surface area contributed by atoms with Gasteiger partial charge in [0.15, 0.2) is 5.58 Å². The molecule has 2 aromatic rings. The van der Waals surface area contributed by atoms with Gasteiger partial charge in [-0.15, -0.1) is 0 Å². The fourth-order valence-corrected chi connectivity index (χ4v) is 2.00. The van der Waals surface area contributed by atoms with E-state index < -0.39 is 0 Å². The number of rotatable bonds is 3. The molecule has 0 saturated heterocycles. The molecule has 0 spiro atoms. The molecule has 92 valence electrons. The zero-order chi connectivity index (χ0) is 12.6. The Balaban J connectivity index is 2.57. The predicted octanol–water partition coefficient (Wildman–Crippen LogP) is 0.693. The quantitative estimate of drug-likeness (QED) is 0.850. The van der Waals surface area contributed by atoms with Crippen molar-refractivity contribution in [1.29, 1.82) is 0 Å². The molecule has 0 aliphatic carbocycles. The summed E-state index contributed by atoms with van der Waals surface area (Å²) in [5.41, 5.74) is 8.25. The van der Waals surface area contributed by atoms with Crippen molar-refractivity contribution in [3.8, 4) is 0 Å². The average molecular weight is 235 g/mol. The molecule has 1 aromatic carbocycles. The van der Waals surface area contributed by atoms with Gasteiger partial charge in [0.1, 0.15) is 0 Å². The Bertz CT molecular complexity index is 583. The minimum Gasteiger partial charge on any atom is -0.408 e. The lowest BCUT2D eigenvalue weighted by Crippen LogP contribution is -2.27. The monoisotopic (exact) mass is 235 g/mol. The van der Waals surface area contributed by atoms with Gasteiger partial charge in [-0.1, -0.05) is 6.07 Å². The highest BCUT2D eigenvalue weighted by atomic mass is 16.4. The van der Waals surface area contributed by atoms with Crippen molar-refractivity contribution in [2.24, 2.45) is 12.8 Å². The van der Waals surface area contributed by atoms with Gasteiger partial charge in [-0.25, -0.2) is 4.79 Å². The van der Waals surface area contributed by atoms with Crippen LogP contribution in [0.2, 0.25) is 0 Å². The minimum atomic E-state index is -0.341. The molecule has 0 radical (unpaired) electrons. The second-order valence-electron chi connectivity index (χ2n) is 4.37. The fraction of sp³-hybridized carbons (Fsp3) is 0.417. The Morgan fingerprint density at radius 3 is 2.76 bits per heavy atom. The van der Waals surface area contributed by atoms with Crippen molar-refractivity contribution < 1.29 is 4.42 Å². The fourth-order valence-electron chi connectivity index (χ4n) is 2.00. The molecule has 0 saturated carbocycles. The van der Waals surface area contributed by atoms with Crippen molar-refractivity contribution in [3.05, 3.63) is 34.3 Å². The molecule has 5 nitrogen and oxygen atoms in total. The van der Waals surface area contributed by atoms with Gasteiger partial charge < -0.3 is 15.1 Å². The minimum absolute atomic E-state index is 0.143. The number of hydrogen-bond donors (Lipinski definition) is 1. The highest BCUT2D eigenvalue weighted by molar-refractivity contribution is 5.73. The van der Waals surface area contributed by atoms with E-state index in [1.807, 2.05) is 32.3 Å². The summed E-state index contributed by atoms with van der Waals surface area (Å²) < 4.78 is 6.59. The number of aryl methyl sites for hydroxylation is 1. The van der Waals surface area contributed by atoms with Crippen LogP contribution < -0.4 is 11.5 Å². The summed E-state index contributed by atoms with van der Waals surface area (Å²) in [6, 6.07) is 5.86. The van der Waals surface area contributed by atoms with E-state index in [4.69, 9.17) is 10.2 Å². The molecule has 17 heavy (non-hydrogen) atoms. The van der Waals surface area contributed by atoms with Gasteiger partial charge >= 0.3 is 5.76 Å². The Labute approximate surface area is 99.4 Å². The van der Waals surface area contributed by atoms with Gasteiger partial charge in [0.05, 0.1) is 5.52 Å². The third kappa shape index (κ3) is 1.99. The number of fused-ring (bicyclic) bond motifs is 1. The summed E-state index contributed by atoms with van der Waals surface area (Å²) in [6.45, 7) is 0.532. The Morgan fingerprint density at radius 1 is 1.47 bits per heavy atom. The smallest absolute Gasteiger partial charge is 0.408 e. The number of likely N-dealkylation sites (N-methyl/N-ethyl adjacent to an activating group) is 1. The Kier molecular flexibility index (Phi) is 3.04. The largest absolute Gasteiger partial charge is 0.419 e. The molecule has 1 unspecified atom stereocenters. The van der Waals surface area contributed by atoms with Crippen LogP contribution in [0.1, 0.15) is 11.6 Å². The lowest BCUT2D eigenvalue weighted by atomic mass is 10.1. The van der Waals surface area contributed by atoms with Crippen LogP contribution in [-0.2, 0) is 7.05 Å². The molecule has 1 atom stereocenters. The normalized spacial score (nSPS) is 13.5. The first-order valence-corrected chi connectivity index (χ1v) is 5.50. The Morgan fingerprint density at radius 2 is 2.18 bits per heavy atom. The molecule has 0 bridgehead atoms. The molecule has 1 aromatic heterocycles. The van der Waals surface area contributed by atoms with Crippen LogP contribution in [0.4, 0.5) is 0 Å². The molecule has 1 heterocycles. The van der Waals surface area contributed by atoms with E-state index in [-0.39, 0.29) is 11.8 Å². The van der Waals surface area contributed by atoms with Crippen molar-refractivity contribution in [2.45, 2.75) is 6.04 Å². The second kappa shape index (κ2) is 4.35. The van der Waals surface area contributed by atoms with Gasteiger partial charge in [-0.2, -0.15) is 0 Å². The SMILES string of the molecule is CN(C)C(CN)c1ccc2oc(=O)n(C)c2c1. The van der Waals surface area contributed by atoms with Crippen molar-refractivity contribution in [2.75, 3.05) is 20.6 Å². The molecule has 0 aliphatic rings. The van der Waals surface area contributed by atoms with Gasteiger partial charge in [-0.3, -0.25) is 4.57 Å². The number of nitrogens with two attached hydrogens (primary N) is 1. The van der Waals surface area contributed by atoms with Crippen LogP contribution in [0.25, 0.3) is 11.1 Å². The molecule has 2 rings (SSSR count). The van der Waals surface area contributed by atoms with Crippen molar-refractivity contribution in [3.63, 3.8) is 0 Å². The van der Waals surface area contributed by atoms with E-state index in [1.54, 1.807) is 7.05 Å². The van der Waals surface area contributed by atoms with Gasteiger partial charge in [0.2, 0.25) is 0 Å². The lowest BCUT2D eigenvalue weighted by Gasteiger charge is -2.22. The van der Waals surface area contributed by atoms with Crippen LogP contribution in [0, 0.1) is 0 Å². The van der Waals surface area contributed by atoms with Crippen LogP contribution in [0.15, 0.2) is 27.4 Å². The molecule has 2 N–H and O–H groups in total. The summed E-state index contributed by atoms with van der Waals surface area (Å²) in [6.07, 6.45) is 0. The highest BCUT2D eigenvalue weighted by Gasteiger charge is 2.14. The van der Waals surface area contributed by atoms with E-state index in [2.05, 4.69) is 4.90 Å². The summed E-state index contributed by atoms with van der Waals surface area (Å²) in [4.78, 5) is 13.4. The highest BCUT2D eigenvalue weighted by Crippen LogP contribution is 2.21. The lowest BCUT2D eigenvalue weighted by molar-refractivity contribution is 0.306. The number of benzene rings is 1. The van der Waals surface area contributed by atoms with Gasteiger partial charge in [-0.05, 0) is 31.8 Å². The topological polar surface area (TPSA) is 64.4 Å². The van der Waals surface area contributed by atoms with E-state index in [0.29, 0.717) is 12.1 Å². The predicted molar refractivity (Wildman–Crippen MR) is 66.9 cm³/mol. The summed E-state index contributed by atoms with van der Waals surface area (Å²) in [5.74, 6) is -0.341. The number of hydrogen-bond acceptors (Lipinski definition) is 4. The second-order valence-corrected chi connectivity index (χ2v) is 4.37. The summed E-state index contributed by atoms with van der Waals surface area (Å²) in [7, 11) is 5.66. The number of oxazole rings is 1. The number of nitrogens with zero attached hydrogens (tertiary/aromatic N) is 2. The molecule has 0 amide bonds. The van der Waals surface area contributed by atoms with Crippen LogP contribution in [0.5, 0.6) is 0 Å². The average Bonchev–Trinajstić information content (AvgIpc) is 2.56. The maximum atomic E-state index is 11.4. The summed E-state index contributed by atoms with van der Waals surface area (Å²) in [5, 5.41) is 0. The maximum absolute atomic E-state index is 11.4. The van der Waals surface area contributed by atoms with Crippen molar-refractivity contribution >= 4 is 11.1 Å². The maximum Gasteiger partial charge on any atom is 0.419 e. The third-order valence-electron chi connectivity index (χ3n) is 3.05. The molecular formula is C12H17N3O2.